The van der Waals surface area contributed by atoms with Crippen LogP contribution in [0.2, 0.25) is 0 Å². The lowest BCUT2D eigenvalue weighted by Gasteiger charge is -2.45. The number of aryl methyl sites for hydroxylation is 1. The number of nitrogens with zero attached hydrogens (tertiary/aromatic N) is 4. The van der Waals surface area contributed by atoms with Gasteiger partial charge < -0.3 is 9.80 Å². The average Bonchev–Trinajstić information content (AvgIpc) is 2.79. The predicted molar refractivity (Wildman–Crippen MR) is 119 cm³/mol. The first kappa shape index (κ1) is 22.4. The van der Waals surface area contributed by atoms with Gasteiger partial charge in [-0.3, -0.25) is 19.6 Å². The van der Waals surface area contributed by atoms with E-state index in [1.165, 1.54) is 12.1 Å². The molecule has 2 aliphatic rings. The second kappa shape index (κ2) is 9.35. The van der Waals surface area contributed by atoms with Gasteiger partial charge in [0.1, 0.15) is 5.82 Å². The molecule has 0 saturated carbocycles. The van der Waals surface area contributed by atoms with Gasteiger partial charge in [0.2, 0.25) is 11.8 Å². The van der Waals surface area contributed by atoms with Crippen LogP contribution in [0, 0.1) is 18.2 Å². The first-order chi connectivity index (χ1) is 15.4. The molecule has 32 heavy (non-hydrogen) atoms. The van der Waals surface area contributed by atoms with Crippen molar-refractivity contribution in [1.29, 1.82) is 0 Å². The van der Waals surface area contributed by atoms with Crippen molar-refractivity contribution in [3.8, 4) is 0 Å². The molecule has 0 radical (unpaired) electrons. The molecule has 0 unspecified atom stereocenters. The maximum atomic E-state index is 14.0. The summed E-state index contributed by atoms with van der Waals surface area (Å²) >= 11 is 0. The van der Waals surface area contributed by atoms with Gasteiger partial charge in [0, 0.05) is 51.4 Å². The van der Waals surface area contributed by atoms with Crippen molar-refractivity contribution < 1.29 is 14.0 Å². The van der Waals surface area contributed by atoms with Crippen LogP contribution in [-0.4, -0.2) is 57.8 Å². The molecule has 7 heteroatoms. The number of amides is 2. The Bertz CT molecular complexity index is 987. The summed E-state index contributed by atoms with van der Waals surface area (Å²) in [5.41, 5.74) is 2.02. The van der Waals surface area contributed by atoms with E-state index in [2.05, 4.69) is 9.97 Å². The average molecular weight is 439 g/mol. The number of rotatable bonds is 4. The van der Waals surface area contributed by atoms with E-state index in [1.54, 1.807) is 30.3 Å². The number of benzene rings is 1. The van der Waals surface area contributed by atoms with Gasteiger partial charge in [0.15, 0.2) is 0 Å². The fourth-order valence-electron chi connectivity index (χ4n) is 5.17. The van der Waals surface area contributed by atoms with E-state index in [9.17, 15) is 14.0 Å². The second-order valence-electron chi connectivity index (χ2n) is 9.27. The molecular weight excluding hydrogens is 407 g/mol. The molecule has 4 rings (SSSR count). The van der Waals surface area contributed by atoms with Gasteiger partial charge in [-0.2, -0.15) is 0 Å². The quantitative estimate of drug-likeness (QED) is 0.733. The Hall–Kier alpha value is -2.83. The number of likely N-dealkylation sites (tertiary alicyclic amines) is 2. The Labute approximate surface area is 188 Å². The first-order valence-electron chi connectivity index (χ1n) is 11.4. The number of carbonyl (C=O) groups excluding carboxylic acids is 2. The van der Waals surface area contributed by atoms with Crippen molar-refractivity contribution in [2.24, 2.45) is 5.41 Å². The summed E-state index contributed by atoms with van der Waals surface area (Å²) in [5.74, 6) is 0.0362. The Morgan fingerprint density at radius 3 is 2.62 bits per heavy atom. The highest BCUT2D eigenvalue weighted by Gasteiger charge is 2.45. The Kier molecular flexibility index (Phi) is 6.53. The SMILES string of the molecule is CC(=O)N1CCC(Cc2cccc(F)c2)(C(=O)N2CCC[C@@H](c3cncc(C)n3)C2)CC1. The molecule has 0 aliphatic carbocycles. The fourth-order valence-corrected chi connectivity index (χ4v) is 5.17. The van der Waals surface area contributed by atoms with Crippen molar-refractivity contribution >= 4 is 11.8 Å². The molecule has 1 aromatic carbocycles. The van der Waals surface area contributed by atoms with Crippen LogP contribution in [0.4, 0.5) is 4.39 Å². The highest BCUT2D eigenvalue weighted by Crippen LogP contribution is 2.39. The molecule has 2 aromatic rings. The third-order valence-corrected chi connectivity index (χ3v) is 6.95. The molecule has 3 heterocycles. The number of halogens is 1. The van der Waals surface area contributed by atoms with Crippen LogP contribution in [-0.2, 0) is 16.0 Å². The van der Waals surface area contributed by atoms with Crippen molar-refractivity contribution in [3.05, 3.63) is 59.4 Å². The summed E-state index contributed by atoms with van der Waals surface area (Å²) in [5, 5.41) is 0. The highest BCUT2D eigenvalue weighted by atomic mass is 19.1. The molecule has 6 nitrogen and oxygen atoms in total. The van der Waals surface area contributed by atoms with E-state index in [1.807, 2.05) is 17.9 Å². The zero-order valence-electron chi connectivity index (χ0n) is 18.9. The Morgan fingerprint density at radius 1 is 1.16 bits per heavy atom. The molecule has 2 fully saturated rings. The molecule has 0 N–H and O–H groups in total. The standard InChI is InChI=1S/C25H31FN4O2/c1-18-15-27-16-23(28-18)21-6-4-10-30(17-21)24(32)25(8-11-29(12-9-25)19(2)31)14-20-5-3-7-22(26)13-20/h3,5,7,13,15-16,21H,4,6,8-12,14,17H2,1-2H3/t21-/m1/s1. The minimum Gasteiger partial charge on any atom is -0.343 e. The topological polar surface area (TPSA) is 66.4 Å². The van der Waals surface area contributed by atoms with Crippen LogP contribution < -0.4 is 0 Å². The van der Waals surface area contributed by atoms with Gasteiger partial charge in [0.25, 0.3) is 0 Å². The third kappa shape index (κ3) is 4.81. The van der Waals surface area contributed by atoms with E-state index < -0.39 is 5.41 Å². The number of piperidine rings is 2. The summed E-state index contributed by atoms with van der Waals surface area (Å²) in [6, 6.07) is 6.53. The van der Waals surface area contributed by atoms with Gasteiger partial charge in [0.05, 0.1) is 16.8 Å². The van der Waals surface area contributed by atoms with Crippen molar-refractivity contribution in [2.75, 3.05) is 26.2 Å². The summed E-state index contributed by atoms with van der Waals surface area (Å²) in [4.78, 5) is 38.6. The minimum atomic E-state index is -0.625. The summed E-state index contributed by atoms with van der Waals surface area (Å²) in [6.07, 6.45) is 7.12. The predicted octanol–water partition coefficient (Wildman–Crippen LogP) is 3.50. The van der Waals surface area contributed by atoms with Crippen molar-refractivity contribution in [1.82, 2.24) is 19.8 Å². The molecule has 2 amide bonds. The lowest BCUT2D eigenvalue weighted by molar-refractivity contribution is -0.149. The summed E-state index contributed by atoms with van der Waals surface area (Å²) < 4.78 is 13.9. The zero-order valence-corrected chi connectivity index (χ0v) is 18.9. The molecule has 0 bridgehead atoms. The van der Waals surface area contributed by atoms with E-state index in [4.69, 9.17) is 0 Å². The van der Waals surface area contributed by atoms with Crippen LogP contribution in [0.3, 0.4) is 0 Å². The summed E-state index contributed by atoms with van der Waals surface area (Å²) in [6.45, 7) is 5.95. The number of hydrogen-bond acceptors (Lipinski definition) is 4. The van der Waals surface area contributed by atoms with E-state index in [0.717, 1.165) is 36.3 Å². The molecule has 2 aliphatic heterocycles. The van der Waals surface area contributed by atoms with Gasteiger partial charge in [-0.1, -0.05) is 12.1 Å². The van der Waals surface area contributed by atoms with Gasteiger partial charge >= 0.3 is 0 Å². The van der Waals surface area contributed by atoms with Gasteiger partial charge in [-0.05, 0) is 56.7 Å². The second-order valence-corrected chi connectivity index (χ2v) is 9.27. The van der Waals surface area contributed by atoms with Gasteiger partial charge in [-0.15, -0.1) is 0 Å². The summed E-state index contributed by atoms with van der Waals surface area (Å²) in [7, 11) is 0. The number of aromatic nitrogens is 2. The number of hydrogen-bond donors (Lipinski definition) is 0. The smallest absolute Gasteiger partial charge is 0.229 e. The van der Waals surface area contributed by atoms with Crippen LogP contribution in [0.5, 0.6) is 0 Å². The first-order valence-corrected chi connectivity index (χ1v) is 11.4. The van der Waals surface area contributed by atoms with E-state index in [-0.39, 0.29) is 23.5 Å². The van der Waals surface area contributed by atoms with Gasteiger partial charge in [-0.25, -0.2) is 4.39 Å². The molecule has 170 valence electrons. The van der Waals surface area contributed by atoms with E-state index >= 15 is 0 Å². The number of carbonyl (C=O) groups is 2. The Morgan fingerprint density at radius 2 is 1.94 bits per heavy atom. The van der Waals surface area contributed by atoms with Crippen LogP contribution in [0.1, 0.15) is 55.5 Å². The molecule has 2 saturated heterocycles. The monoisotopic (exact) mass is 438 g/mol. The molecule has 1 aromatic heterocycles. The largest absolute Gasteiger partial charge is 0.343 e. The lowest BCUT2D eigenvalue weighted by Crippen LogP contribution is -2.53. The maximum Gasteiger partial charge on any atom is 0.229 e. The minimum absolute atomic E-state index is 0.0351. The highest BCUT2D eigenvalue weighted by molar-refractivity contribution is 5.84. The molecule has 1 atom stereocenters. The maximum absolute atomic E-state index is 14.0. The lowest BCUT2D eigenvalue weighted by atomic mass is 9.72. The fraction of sp³-hybridized carbons (Fsp3) is 0.520. The van der Waals surface area contributed by atoms with Crippen molar-refractivity contribution in [3.63, 3.8) is 0 Å². The third-order valence-electron chi connectivity index (χ3n) is 6.95. The van der Waals surface area contributed by atoms with E-state index in [0.29, 0.717) is 38.9 Å². The molecular formula is C25H31FN4O2. The molecule has 0 spiro atoms. The van der Waals surface area contributed by atoms with Crippen molar-refractivity contribution in [2.45, 2.75) is 51.9 Å². The normalized spacial score (nSPS) is 20.8. The van der Waals surface area contributed by atoms with Crippen LogP contribution in [0.15, 0.2) is 36.7 Å². The van der Waals surface area contributed by atoms with Crippen LogP contribution >= 0.6 is 0 Å². The Balaban J connectivity index is 1.57. The zero-order chi connectivity index (χ0) is 22.7. The van der Waals surface area contributed by atoms with Crippen LogP contribution in [0.25, 0.3) is 0 Å².